The third-order valence-corrected chi connectivity index (χ3v) is 9.64. The Balaban J connectivity index is 1.58. The van der Waals surface area contributed by atoms with Crippen molar-refractivity contribution in [3.63, 3.8) is 0 Å². The van der Waals surface area contributed by atoms with Gasteiger partial charge in [0.15, 0.2) is 0 Å². The highest BCUT2D eigenvalue weighted by Gasteiger charge is 2.30. The zero-order valence-electron chi connectivity index (χ0n) is 23.3. The van der Waals surface area contributed by atoms with Gasteiger partial charge in [0.2, 0.25) is 10.0 Å². The average Bonchev–Trinajstić information content (AvgIpc) is 3.47. The molecular weight excluding hydrogens is 508 g/mol. The van der Waals surface area contributed by atoms with Crippen LogP contribution in [0, 0.1) is 0 Å². The van der Waals surface area contributed by atoms with Gasteiger partial charge < -0.3 is 4.90 Å². The zero-order chi connectivity index (χ0) is 27.9. The molecule has 0 amide bonds. The van der Waals surface area contributed by atoms with Gasteiger partial charge in [0.25, 0.3) is 5.56 Å². The van der Waals surface area contributed by atoms with Gasteiger partial charge in [0.05, 0.1) is 27.5 Å². The van der Waals surface area contributed by atoms with E-state index >= 15 is 0 Å². The molecule has 204 valence electrons. The van der Waals surface area contributed by atoms with Crippen LogP contribution in [0.5, 0.6) is 0 Å². The number of fused-ring (bicyclic) bond motifs is 1. The third-order valence-electron chi connectivity index (χ3n) is 7.70. The Hall–Kier alpha value is -3.49. The van der Waals surface area contributed by atoms with Crippen molar-refractivity contribution >= 4 is 26.6 Å². The molecule has 0 radical (unpaired) electrons. The summed E-state index contributed by atoms with van der Waals surface area (Å²) in [7, 11) is -2.32. The normalized spacial score (nSPS) is 15.3. The van der Waals surface area contributed by atoms with E-state index in [9.17, 15) is 13.2 Å². The molecule has 8 heteroatoms. The summed E-state index contributed by atoms with van der Waals surface area (Å²) in [6.45, 7) is 10.1. The Bertz CT molecular complexity index is 1650. The molecule has 7 nitrogen and oxygen atoms in total. The standard InChI is InChI=1S/C31H36N4O3S/c1-22(33(5)39(37,38)26-18-12-23(13-19-26)31(2,3)4)29-32-28-11-7-6-10-27(28)30(36)35(29)25-16-14-24(15-17-25)34-20-8-9-21-34/h6-7,10-19,22H,8-9,20-21H2,1-5H3. The fraction of sp³-hybridized carbons (Fsp3) is 0.355. The van der Waals surface area contributed by atoms with Crippen molar-refractivity contribution in [1.82, 2.24) is 13.9 Å². The number of nitrogens with zero attached hydrogens (tertiary/aromatic N) is 4. The largest absolute Gasteiger partial charge is 0.372 e. The van der Waals surface area contributed by atoms with Crippen LogP contribution < -0.4 is 10.5 Å². The Morgan fingerprint density at radius 1 is 0.872 bits per heavy atom. The highest BCUT2D eigenvalue weighted by molar-refractivity contribution is 7.89. The summed E-state index contributed by atoms with van der Waals surface area (Å²) in [4.78, 5) is 21.2. The summed E-state index contributed by atoms with van der Waals surface area (Å²) >= 11 is 0. The number of sulfonamides is 1. The van der Waals surface area contributed by atoms with E-state index in [1.165, 1.54) is 17.1 Å². The topological polar surface area (TPSA) is 75.5 Å². The van der Waals surface area contributed by atoms with Crippen LogP contribution in [-0.2, 0) is 15.4 Å². The first kappa shape index (κ1) is 27.1. The average molecular weight is 545 g/mol. The van der Waals surface area contributed by atoms with E-state index in [-0.39, 0.29) is 15.9 Å². The highest BCUT2D eigenvalue weighted by atomic mass is 32.2. The van der Waals surface area contributed by atoms with E-state index in [1.807, 2.05) is 48.5 Å². The third kappa shape index (κ3) is 5.11. The number of para-hydroxylation sites is 1. The van der Waals surface area contributed by atoms with E-state index in [4.69, 9.17) is 4.98 Å². The molecule has 5 rings (SSSR count). The van der Waals surface area contributed by atoms with Crippen LogP contribution in [0.1, 0.15) is 58.0 Å². The predicted molar refractivity (Wildman–Crippen MR) is 157 cm³/mol. The molecule has 0 aliphatic carbocycles. The molecule has 0 spiro atoms. The van der Waals surface area contributed by atoms with Crippen molar-refractivity contribution in [3.05, 3.63) is 94.5 Å². The van der Waals surface area contributed by atoms with E-state index < -0.39 is 16.1 Å². The summed E-state index contributed by atoms with van der Waals surface area (Å²) < 4.78 is 30.2. The second-order valence-electron chi connectivity index (χ2n) is 11.3. The number of anilines is 1. The summed E-state index contributed by atoms with van der Waals surface area (Å²) in [6, 6.07) is 21.4. The lowest BCUT2D eigenvalue weighted by molar-refractivity contribution is 0.379. The van der Waals surface area contributed by atoms with Crippen molar-refractivity contribution in [2.75, 3.05) is 25.0 Å². The molecule has 0 bridgehead atoms. The molecule has 4 aromatic rings. The summed E-state index contributed by atoms with van der Waals surface area (Å²) in [6.07, 6.45) is 2.36. The summed E-state index contributed by atoms with van der Waals surface area (Å²) in [5, 5.41) is 0.486. The van der Waals surface area contributed by atoms with Crippen LogP contribution in [0.2, 0.25) is 0 Å². The first-order chi connectivity index (χ1) is 18.5. The molecule has 1 fully saturated rings. The molecule has 1 atom stereocenters. The molecule has 1 unspecified atom stereocenters. The number of rotatable bonds is 6. The van der Waals surface area contributed by atoms with E-state index in [1.54, 1.807) is 42.8 Å². The van der Waals surface area contributed by atoms with Crippen LogP contribution in [0.3, 0.4) is 0 Å². The monoisotopic (exact) mass is 544 g/mol. The molecule has 1 aliphatic rings. The first-order valence-electron chi connectivity index (χ1n) is 13.4. The molecule has 0 saturated carbocycles. The van der Waals surface area contributed by atoms with Gasteiger partial charge in [-0.2, -0.15) is 4.31 Å². The van der Waals surface area contributed by atoms with E-state index in [0.717, 1.165) is 24.3 Å². The Kier molecular flexibility index (Phi) is 7.11. The van der Waals surface area contributed by atoms with Crippen LogP contribution in [0.15, 0.2) is 82.5 Å². The van der Waals surface area contributed by atoms with Gasteiger partial charge in [0.1, 0.15) is 5.82 Å². The second-order valence-corrected chi connectivity index (χ2v) is 13.3. The van der Waals surface area contributed by atoms with Gasteiger partial charge in [0, 0.05) is 25.8 Å². The van der Waals surface area contributed by atoms with Gasteiger partial charge in [-0.05, 0) is 79.3 Å². The van der Waals surface area contributed by atoms with Gasteiger partial charge in [-0.3, -0.25) is 9.36 Å². The lowest BCUT2D eigenvalue weighted by atomic mass is 9.87. The molecule has 3 aromatic carbocycles. The fourth-order valence-electron chi connectivity index (χ4n) is 5.13. The minimum absolute atomic E-state index is 0.0864. The molecular formula is C31H36N4O3S. The number of hydrogen-bond acceptors (Lipinski definition) is 5. The quantitative estimate of drug-likeness (QED) is 0.313. The van der Waals surface area contributed by atoms with Crippen molar-refractivity contribution in [1.29, 1.82) is 0 Å². The van der Waals surface area contributed by atoms with E-state index in [2.05, 4.69) is 25.7 Å². The van der Waals surface area contributed by atoms with E-state index in [0.29, 0.717) is 22.4 Å². The highest BCUT2D eigenvalue weighted by Crippen LogP contribution is 2.30. The second kappa shape index (κ2) is 10.2. The van der Waals surface area contributed by atoms with Crippen molar-refractivity contribution in [3.8, 4) is 5.69 Å². The van der Waals surface area contributed by atoms with Gasteiger partial charge >= 0.3 is 0 Å². The van der Waals surface area contributed by atoms with Crippen LogP contribution in [0.25, 0.3) is 16.6 Å². The van der Waals surface area contributed by atoms with Crippen LogP contribution in [-0.4, -0.2) is 42.4 Å². The Labute approximate surface area is 230 Å². The first-order valence-corrected chi connectivity index (χ1v) is 14.9. The summed E-state index contributed by atoms with van der Waals surface area (Å²) in [5.74, 6) is 0.366. The lowest BCUT2D eigenvalue weighted by Gasteiger charge is -2.27. The zero-order valence-corrected chi connectivity index (χ0v) is 24.1. The minimum atomic E-state index is -3.86. The number of hydrogen-bond donors (Lipinski definition) is 0. The van der Waals surface area contributed by atoms with Crippen LogP contribution in [0.4, 0.5) is 5.69 Å². The molecule has 39 heavy (non-hydrogen) atoms. The Morgan fingerprint density at radius 3 is 2.08 bits per heavy atom. The molecule has 0 N–H and O–H groups in total. The van der Waals surface area contributed by atoms with Gasteiger partial charge in [-0.25, -0.2) is 13.4 Å². The maximum atomic E-state index is 13.8. The van der Waals surface area contributed by atoms with Gasteiger partial charge in [-0.1, -0.05) is 45.0 Å². The fourth-order valence-corrected chi connectivity index (χ4v) is 6.45. The SMILES string of the molecule is CC(c1nc2ccccc2c(=O)n1-c1ccc(N2CCCC2)cc1)N(C)S(=O)(=O)c1ccc(C(C)(C)C)cc1. The number of aromatic nitrogens is 2. The Morgan fingerprint density at radius 2 is 1.46 bits per heavy atom. The van der Waals surface area contributed by atoms with Crippen molar-refractivity contribution < 1.29 is 8.42 Å². The molecule has 1 saturated heterocycles. The van der Waals surface area contributed by atoms with Gasteiger partial charge in [-0.15, -0.1) is 0 Å². The lowest BCUT2D eigenvalue weighted by Crippen LogP contribution is -2.35. The van der Waals surface area contributed by atoms with Crippen LogP contribution >= 0.6 is 0 Å². The molecule has 1 aliphatic heterocycles. The van der Waals surface area contributed by atoms with Crippen molar-refractivity contribution in [2.45, 2.75) is 56.9 Å². The maximum Gasteiger partial charge on any atom is 0.266 e. The summed E-state index contributed by atoms with van der Waals surface area (Å²) in [5.41, 5.74) is 3.05. The smallest absolute Gasteiger partial charge is 0.266 e. The molecule has 1 aromatic heterocycles. The predicted octanol–water partition coefficient (Wildman–Crippen LogP) is 5.67. The molecule has 2 heterocycles. The maximum absolute atomic E-state index is 13.8. The minimum Gasteiger partial charge on any atom is -0.372 e. The van der Waals surface area contributed by atoms with Crippen molar-refractivity contribution in [2.24, 2.45) is 0 Å². The number of benzene rings is 3.